The predicted molar refractivity (Wildman–Crippen MR) is 75.6 cm³/mol. The number of nitrogens with one attached hydrogen (secondary N) is 1. The number of nitrogens with two attached hydrogens (primary N) is 2. The topological polar surface area (TPSA) is 90.4 Å². The molecule has 0 aromatic heterocycles. The number of ether oxygens (including phenoxy) is 1. The molecule has 1 rings (SSSR count). The molecule has 5 nitrogen and oxygen atoms in total. The summed E-state index contributed by atoms with van der Waals surface area (Å²) in [7, 11) is 0. The highest BCUT2D eigenvalue weighted by atomic mass is 32.1. The van der Waals surface area contributed by atoms with Crippen LogP contribution in [-0.4, -0.2) is 30.7 Å². The van der Waals surface area contributed by atoms with E-state index in [0.29, 0.717) is 18.1 Å². The quantitative estimate of drug-likeness (QED) is 0.495. The fraction of sp³-hybridized carbons (Fsp3) is 0.333. The maximum absolute atomic E-state index is 10.4. The minimum Gasteiger partial charge on any atom is -0.389 e. The SMILES string of the molecule is Cc1cc(NCCOCC(N)=O)ccc1C(N)=S. The van der Waals surface area contributed by atoms with Crippen molar-refractivity contribution in [2.75, 3.05) is 25.1 Å². The second-order valence-corrected chi connectivity index (χ2v) is 4.28. The van der Waals surface area contributed by atoms with Gasteiger partial charge < -0.3 is 21.5 Å². The summed E-state index contributed by atoms with van der Waals surface area (Å²) >= 11 is 4.93. The van der Waals surface area contributed by atoms with E-state index in [9.17, 15) is 4.79 Å². The molecular weight excluding hydrogens is 250 g/mol. The van der Waals surface area contributed by atoms with E-state index in [-0.39, 0.29) is 6.61 Å². The summed E-state index contributed by atoms with van der Waals surface area (Å²) in [5, 5.41) is 3.16. The molecule has 0 aliphatic carbocycles. The Kier molecular flexibility index (Phi) is 5.54. The normalized spacial score (nSPS) is 10.1. The Morgan fingerprint density at radius 2 is 2.17 bits per heavy atom. The van der Waals surface area contributed by atoms with E-state index in [1.54, 1.807) is 0 Å². The zero-order valence-electron chi connectivity index (χ0n) is 10.2. The first-order valence-electron chi connectivity index (χ1n) is 5.51. The van der Waals surface area contributed by atoms with Crippen molar-refractivity contribution in [2.45, 2.75) is 6.92 Å². The molecule has 0 aliphatic heterocycles. The first kappa shape index (κ1) is 14.4. The van der Waals surface area contributed by atoms with E-state index in [2.05, 4.69) is 5.32 Å². The molecule has 0 spiro atoms. The number of rotatable bonds is 7. The summed E-state index contributed by atoms with van der Waals surface area (Å²) in [4.78, 5) is 10.8. The fourth-order valence-corrected chi connectivity index (χ4v) is 1.72. The van der Waals surface area contributed by atoms with Gasteiger partial charge >= 0.3 is 0 Å². The van der Waals surface area contributed by atoms with Gasteiger partial charge in [0.1, 0.15) is 11.6 Å². The van der Waals surface area contributed by atoms with Crippen LogP contribution < -0.4 is 16.8 Å². The predicted octanol–water partition coefficient (Wildman–Crippen LogP) is 0.543. The van der Waals surface area contributed by atoms with Crippen molar-refractivity contribution >= 4 is 28.8 Å². The average molecular weight is 267 g/mol. The maximum Gasteiger partial charge on any atom is 0.243 e. The average Bonchev–Trinajstić information content (AvgIpc) is 2.27. The van der Waals surface area contributed by atoms with Crippen LogP contribution in [0, 0.1) is 6.92 Å². The number of thiocarbonyl (C=S) groups is 1. The van der Waals surface area contributed by atoms with Crippen molar-refractivity contribution in [1.82, 2.24) is 0 Å². The Bertz CT molecular complexity index is 449. The number of hydrogen-bond acceptors (Lipinski definition) is 4. The van der Waals surface area contributed by atoms with E-state index in [0.717, 1.165) is 16.8 Å². The van der Waals surface area contributed by atoms with Crippen molar-refractivity contribution in [1.29, 1.82) is 0 Å². The van der Waals surface area contributed by atoms with Crippen LogP contribution in [-0.2, 0) is 9.53 Å². The van der Waals surface area contributed by atoms with Gasteiger partial charge in [0.2, 0.25) is 5.91 Å². The second kappa shape index (κ2) is 6.93. The third-order valence-corrected chi connectivity index (χ3v) is 2.53. The number of hydrogen-bond donors (Lipinski definition) is 3. The lowest BCUT2D eigenvalue weighted by Crippen LogP contribution is -2.20. The third-order valence-electron chi connectivity index (χ3n) is 2.31. The number of primary amides is 1. The van der Waals surface area contributed by atoms with Gasteiger partial charge in [-0.15, -0.1) is 0 Å². The molecule has 1 aromatic rings. The lowest BCUT2D eigenvalue weighted by Gasteiger charge is -2.09. The van der Waals surface area contributed by atoms with Gasteiger partial charge in [-0.1, -0.05) is 12.2 Å². The van der Waals surface area contributed by atoms with Gasteiger partial charge in [0.25, 0.3) is 0 Å². The fourth-order valence-electron chi connectivity index (χ4n) is 1.49. The molecule has 0 heterocycles. The van der Waals surface area contributed by atoms with Gasteiger partial charge in [-0.3, -0.25) is 4.79 Å². The Balaban J connectivity index is 2.42. The molecule has 0 aliphatic rings. The van der Waals surface area contributed by atoms with Gasteiger partial charge in [-0.05, 0) is 30.7 Å². The van der Waals surface area contributed by atoms with Crippen LogP contribution in [0.5, 0.6) is 0 Å². The minimum atomic E-state index is -0.466. The van der Waals surface area contributed by atoms with Gasteiger partial charge in [-0.25, -0.2) is 0 Å². The monoisotopic (exact) mass is 267 g/mol. The highest BCUT2D eigenvalue weighted by Crippen LogP contribution is 2.14. The molecule has 0 unspecified atom stereocenters. The minimum absolute atomic E-state index is 0.0545. The molecule has 98 valence electrons. The summed E-state index contributed by atoms with van der Waals surface area (Å²) < 4.78 is 5.03. The largest absolute Gasteiger partial charge is 0.389 e. The molecule has 0 radical (unpaired) electrons. The molecular formula is C12H17N3O2S. The summed E-state index contributed by atoms with van der Waals surface area (Å²) in [5.41, 5.74) is 13.4. The maximum atomic E-state index is 10.4. The highest BCUT2D eigenvalue weighted by molar-refractivity contribution is 7.80. The van der Waals surface area contributed by atoms with Crippen LogP contribution in [0.4, 0.5) is 5.69 Å². The number of benzene rings is 1. The lowest BCUT2D eigenvalue weighted by atomic mass is 10.1. The Labute approximate surface area is 111 Å². The zero-order chi connectivity index (χ0) is 13.5. The number of carbonyl (C=O) groups excluding carboxylic acids is 1. The van der Waals surface area contributed by atoms with E-state index >= 15 is 0 Å². The summed E-state index contributed by atoms with van der Waals surface area (Å²) in [6.07, 6.45) is 0. The van der Waals surface area contributed by atoms with Crippen molar-refractivity contribution in [3.05, 3.63) is 29.3 Å². The molecule has 0 atom stereocenters. The second-order valence-electron chi connectivity index (χ2n) is 3.84. The molecule has 5 N–H and O–H groups in total. The molecule has 1 aromatic carbocycles. The Morgan fingerprint density at radius 3 is 2.72 bits per heavy atom. The van der Waals surface area contributed by atoms with Crippen LogP contribution in [0.2, 0.25) is 0 Å². The van der Waals surface area contributed by atoms with Gasteiger partial charge in [0, 0.05) is 17.8 Å². The number of carbonyl (C=O) groups is 1. The molecule has 18 heavy (non-hydrogen) atoms. The molecule has 1 amide bonds. The van der Waals surface area contributed by atoms with Gasteiger partial charge in [0.05, 0.1) is 6.61 Å². The van der Waals surface area contributed by atoms with Gasteiger partial charge in [-0.2, -0.15) is 0 Å². The van der Waals surface area contributed by atoms with E-state index in [4.69, 9.17) is 28.4 Å². The van der Waals surface area contributed by atoms with Crippen LogP contribution in [0.15, 0.2) is 18.2 Å². The zero-order valence-corrected chi connectivity index (χ0v) is 11.0. The number of amides is 1. The van der Waals surface area contributed by atoms with E-state index in [1.165, 1.54) is 0 Å². The van der Waals surface area contributed by atoms with Crippen LogP contribution in [0.25, 0.3) is 0 Å². The number of anilines is 1. The molecule has 0 fully saturated rings. The summed E-state index contributed by atoms with van der Waals surface area (Å²) in [5.74, 6) is -0.466. The van der Waals surface area contributed by atoms with Crippen LogP contribution >= 0.6 is 12.2 Å². The van der Waals surface area contributed by atoms with Crippen molar-refractivity contribution in [3.63, 3.8) is 0 Å². The lowest BCUT2D eigenvalue weighted by molar-refractivity contribution is -0.122. The van der Waals surface area contributed by atoms with Crippen molar-refractivity contribution < 1.29 is 9.53 Å². The van der Waals surface area contributed by atoms with Crippen LogP contribution in [0.1, 0.15) is 11.1 Å². The van der Waals surface area contributed by atoms with E-state index in [1.807, 2.05) is 25.1 Å². The Hall–Kier alpha value is -1.66. The first-order valence-corrected chi connectivity index (χ1v) is 5.92. The van der Waals surface area contributed by atoms with Crippen molar-refractivity contribution in [3.8, 4) is 0 Å². The van der Waals surface area contributed by atoms with Crippen LogP contribution in [0.3, 0.4) is 0 Å². The number of aryl methyl sites for hydroxylation is 1. The third kappa shape index (κ3) is 4.68. The first-order chi connectivity index (χ1) is 8.50. The van der Waals surface area contributed by atoms with Crippen molar-refractivity contribution in [2.24, 2.45) is 11.5 Å². The molecule has 6 heteroatoms. The standard InChI is InChI=1S/C12H17N3O2S/c1-8-6-9(2-3-10(8)12(14)18)15-4-5-17-7-11(13)16/h2-3,6,15H,4-5,7H2,1H3,(H2,13,16)(H2,14,18). The molecule has 0 saturated heterocycles. The summed E-state index contributed by atoms with van der Waals surface area (Å²) in [6.45, 7) is 2.91. The summed E-state index contributed by atoms with van der Waals surface area (Å²) in [6, 6.07) is 5.74. The highest BCUT2D eigenvalue weighted by Gasteiger charge is 2.02. The molecule has 0 bridgehead atoms. The van der Waals surface area contributed by atoms with E-state index < -0.39 is 5.91 Å². The Morgan fingerprint density at radius 1 is 1.44 bits per heavy atom. The smallest absolute Gasteiger partial charge is 0.243 e. The van der Waals surface area contributed by atoms with Gasteiger partial charge in [0.15, 0.2) is 0 Å². The molecule has 0 saturated carbocycles.